The molecule has 2 nitrogen and oxygen atoms in total. The van der Waals surface area contributed by atoms with Crippen molar-refractivity contribution in [2.24, 2.45) is 0 Å². The molecule has 0 saturated heterocycles. The van der Waals surface area contributed by atoms with Gasteiger partial charge in [0, 0.05) is 12.0 Å². The molecule has 0 spiro atoms. The van der Waals surface area contributed by atoms with Gasteiger partial charge in [0.05, 0.1) is 17.2 Å². The maximum Gasteiger partial charge on any atom is 0.119 e. The Morgan fingerprint density at radius 1 is 1.04 bits per heavy atom. The molecular weight excluding hydrogens is 329 g/mol. The van der Waals surface area contributed by atoms with Crippen LogP contribution in [-0.2, 0) is 6.42 Å². The van der Waals surface area contributed by atoms with E-state index in [4.69, 9.17) is 27.9 Å². The molecule has 3 rings (SSSR count). The molecule has 4 heteroatoms. The van der Waals surface area contributed by atoms with Crippen LogP contribution in [0, 0.1) is 0 Å². The number of nitrogens with zero attached hydrogens (tertiary/aromatic N) is 1. The Morgan fingerprint density at radius 2 is 1.83 bits per heavy atom. The zero-order valence-corrected chi connectivity index (χ0v) is 15.2. The van der Waals surface area contributed by atoms with Gasteiger partial charge in [0.15, 0.2) is 0 Å². The van der Waals surface area contributed by atoms with Crippen LogP contribution in [0.2, 0.25) is 10.0 Å². The van der Waals surface area contributed by atoms with E-state index in [2.05, 4.69) is 37.2 Å². The highest BCUT2D eigenvalue weighted by atomic mass is 35.5. The Bertz CT molecular complexity index is 715. The Hall–Kier alpha value is -1.22. The minimum absolute atomic E-state index is 0.302. The Balaban J connectivity index is 2.08. The normalized spacial score (nSPS) is 20.4. The van der Waals surface area contributed by atoms with E-state index in [-0.39, 0.29) is 0 Å². The first-order valence-corrected chi connectivity index (χ1v) is 8.53. The molecule has 0 heterocycles. The Labute approximate surface area is 148 Å². The van der Waals surface area contributed by atoms with Crippen LogP contribution in [0.15, 0.2) is 36.4 Å². The molecule has 0 amide bonds. The van der Waals surface area contributed by atoms with Crippen LogP contribution in [0.5, 0.6) is 5.75 Å². The molecule has 0 unspecified atom stereocenters. The molecular formula is C19H21Cl2NO. The van der Waals surface area contributed by atoms with Crippen molar-refractivity contribution >= 4 is 23.2 Å². The van der Waals surface area contributed by atoms with E-state index in [1.54, 1.807) is 7.11 Å². The second-order valence-electron chi connectivity index (χ2n) is 6.35. The summed E-state index contributed by atoms with van der Waals surface area (Å²) in [4.78, 5) is 2.30. The first-order chi connectivity index (χ1) is 11.0. The summed E-state index contributed by atoms with van der Waals surface area (Å²) in [5.74, 6) is 1.20. The summed E-state index contributed by atoms with van der Waals surface area (Å²) >= 11 is 12.3. The fraction of sp³-hybridized carbons (Fsp3) is 0.368. The minimum atomic E-state index is 0.302. The fourth-order valence-electron chi connectivity index (χ4n) is 3.38. The van der Waals surface area contributed by atoms with E-state index in [9.17, 15) is 0 Å². The standard InChI is InChI=1S/C19H21Cl2NO/c1-22(2)14-8-12-4-6-15(23-3)11-17(12)16(10-14)13-5-7-18(20)19(21)9-13/h4-7,9,11,14,16H,8,10H2,1-3H3/t14-,16-/m1/s1. The van der Waals surface area contributed by atoms with Crippen LogP contribution in [0.25, 0.3) is 0 Å². The van der Waals surface area contributed by atoms with E-state index in [0.717, 1.165) is 18.6 Å². The van der Waals surface area contributed by atoms with E-state index < -0.39 is 0 Å². The van der Waals surface area contributed by atoms with Gasteiger partial charge in [0.25, 0.3) is 0 Å². The number of hydrogen-bond donors (Lipinski definition) is 0. The Kier molecular flexibility index (Phi) is 4.86. The third-order valence-corrected chi connectivity index (χ3v) is 5.51. The van der Waals surface area contributed by atoms with Crippen molar-refractivity contribution in [2.75, 3.05) is 21.2 Å². The SMILES string of the molecule is COc1ccc2c(c1)[C@@H](c1ccc(Cl)c(Cl)c1)C[C@H](N(C)C)C2. The summed E-state index contributed by atoms with van der Waals surface area (Å²) in [7, 11) is 6.00. The predicted octanol–water partition coefficient (Wildman–Crippen LogP) is 5.01. The zero-order valence-electron chi connectivity index (χ0n) is 13.6. The predicted molar refractivity (Wildman–Crippen MR) is 97.1 cm³/mol. The van der Waals surface area contributed by atoms with E-state index >= 15 is 0 Å². The maximum atomic E-state index is 6.25. The lowest BCUT2D eigenvalue weighted by Gasteiger charge is -2.36. The zero-order chi connectivity index (χ0) is 16.6. The average Bonchev–Trinajstić information content (AvgIpc) is 2.55. The molecule has 122 valence electrons. The molecule has 0 aliphatic heterocycles. The highest BCUT2D eigenvalue weighted by Gasteiger charge is 2.29. The largest absolute Gasteiger partial charge is 0.497 e. The van der Waals surface area contributed by atoms with Crippen molar-refractivity contribution in [1.82, 2.24) is 4.90 Å². The molecule has 0 N–H and O–H groups in total. The number of methoxy groups -OCH3 is 1. The smallest absolute Gasteiger partial charge is 0.119 e. The molecule has 0 radical (unpaired) electrons. The number of benzene rings is 2. The lowest BCUT2D eigenvalue weighted by molar-refractivity contribution is 0.258. The number of ether oxygens (including phenoxy) is 1. The van der Waals surface area contributed by atoms with Gasteiger partial charge in [-0.2, -0.15) is 0 Å². The van der Waals surface area contributed by atoms with Crippen molar-refractivity contribution in [3.05, 3.63) is 63.1 Å². The first kappa shape index (κ1) is 16.6. The maximum absolute atomic E-state index is 6.25. The summed E-state index contributed by atoms with van der Waals surface area (Å²) in [6, 6.07) is 12.9. The van der Waals surface area contributed by atoms with Gasteiger partial charge in [0.2, 0.25) is 0 Å². The van der Waals surface area contributed by atoms with Gasteiger partial charge in [-0.25, -0.2) is 0 Å². The third-order valence-electron chi connectivity index (χ3n) is 4.77. The van der Waals surface area contributed by atoms with Crippen molar-refractivity contribution in [3.63, 3.8) is 0 Å². The van der Waals surface area contributed by atoms with E-state index in [1.807, 2.05) is 18.2 Å². The molecule has 0 aromatic heterocycles. The number of halogens is 2. The second kappa shape index (κ2) is 6.72. The van der Waals surface area contributed by atoms with Gasteiger partial charge in [-0.3, -0.25) is 0 Å². The van der Waals surface area contributed by atoms with Gasteiger partial charge in [-0.1, -0.05) is 35.3 Å². The second-order valence-corrected chi connectivity index (χ2v) is 7.16. The van der Waals surface area contributed by atoms with Gasteiger partial charge < -0.3 is 9.64 Å². The summed E-state index contributed by atoms with van der Waals surface area (Å²) in [5, 5.41) is 1.21. The van der Waals surface area contributed by atoms with Crippen molar-refractivity contribution in [1.29, 1.82) is 0 Å². The van der Waals surface area contributed by atoms with E-state index in [0.29, 0.717) is 22.0 Å². The lowest BCUT2D eigenvalue weighted by Crippen LogP contribution is -2.35. The average molecular weight is 350 g/mol. The molecule has 2 aromatic rings. The van der Waals surface area contributed by atoms with Gasteiger partial charge in [0.1, 0.15) is 5.75 Å². The highest BCUT2D eigenvalue weighted by molar-refractivity contribution is 6.42. The summed E-state index contributed by atoms with van der Waals surface area (Å²) in [6.45, 7) is 0. The molecule has 0 bridgehead atoms. The number of fused-ring (bicyclic) bond motifs is 1. The quantitative estimate of drug-likeness (QED) is 0.772. The molecule has 2 aromatic carbocycles. The summed E-state index contributed by atoms with van der Waals surface area (Å²) in [5.41, 5.74) is 3.92. The number of likely N-dealkylation sites (N-methyl/N-ethyl adjacent to an activating group) is 1. The fourth-order valence-corrected chi connectivity index (χ4v) is 3.69. The molecule has 1 aliphatic rings. The highest BCUT2D eigenvalue weighted by Crippen LogP contribution is 2.41. The third kappa shape index (κ3) is 3.35. The summed E-state index contributed by atoms with van der Waals surface area (Å²) < 4.78 is 5.42. The van der Waals surface area contributed by atoms with Crippen LogP contribution >= 0.6 is 23.2 Å². The van der Waals surface area contributed by atoms with Crippen LogP contribution < -0.4 is 4.74 Å². The monoisotopic (exact) mass is 349 g/mol. The minimum Gasteiger partial charge on any atom is -0.497 e. The van der Waals surface area contributed by atoms with Gasteiger partial charge >= 0.3 is 0 Å². The van der Waals surface area contributed by atoms with Gasteiger partial charge in [-0.05, 0) is 67.9 Å². The van der Waals surface area contributed by atoms with Crippen molar-refractivity contribution < 1.29 is 4.74 Å². The van der Waals surface area contributed by atoms with Crippen LogP contribution in [0.1, 0.15) is 29.0 Å². The molecule has 1 aliphatic carbocycles. The first-order valence-electron chi connectivity index (χ1n) is 7.77. The molecule has 2 atom stereocenters. The van der Waals surface area contributed by atoms with Crippen LogP contribution in [-0.4, -0.2) is 32.1 Å². The van der Waals surface area contributed by atoms with Crippen molar-refractivity contribution in [2.45, 2.75) is 24.8 Å². The molecule has 0 fully saturated rings. The molecule has 23 heavy (non-hydrogen) atoms. The number of hydrogen-bond acceptors (Lipinski definition) is 2. The van der Waals surface area contributed by atoms with Crippen molar-refractivity contribution in [3.8, 4) is 5.75 Å². The van der Waals surface area contributed by atoms with E-state index in [1.165, 1.54) is 16.7 Å². The van der Waals surface area contributed by atoms with Crippen LogP contribution in [0.3, 0.4) is 0 Å². The van der Waals surface area contributed by atoms with Gasteiger partial charge in [-0.15, -0.1) is 0 Å². The topological polar surface area (TPSA) is 12.5 Å². The Morgan fingerprint density at radius 3 is 2.48 bits per heavy atom. The molecule has 0 saturated carbocycles. The van der Waals surface area contributed by atoms with Crippen LogP contribution in [0.4, 0.5) is 0 Å². The summed E-state index contributed by atoms with van der Waals surface area (Å²) in [6.07, 6.45) is 2.12. The lowest BCUT2D eigenvalue weighted by atomic mass is 9.76. The number of rotatable bonds is 3.